The quantitative estimate of drug-likeness (QED) is 0.376. The first-order chi connectivity index (χ1) is 15.9. The summed E-state index contributed by atoms with van der Waals surface area (Å²) in [6.07, 6.45) is 4.90. The van der Waals surface area contributed by atoms with Gasteiger partial charge in [0.05, 0.1) is 11.6 Å². The van der Waals surface area contributed by atoms with Gasteiger partial charge in [-0.2, -0.15) is 0 Å². The van der Waals surface area contributed by atoms with Gasteiger partial charge >= 0.3 is 6.03 Å². The number of rotatable bonds is 6. The topological polar surface area (TPSA) is 84.9 Å². The summed E-state index contributed by atoms with van der Waals surface area (Å²) in [5.41, 5.74) is 1.47. The van der Waals surface area contributed by atoms with E-state index in [0.29, 0.717) is 28.1 Å². The molecule has 0 spiro atoms. The molecular weight excluding hydrogens is 556 g/mol. The van der Waals surface area contributed by atoms with Crippen molar-refractivity contribution in [3.63, 3.8) is 0 Å². The van der Waals surface area contributed by atoms with E-state index in [-0.39, 0.29) is 11.6 Å². The zero-order chi connectivity index (χ0) is 23.5. The molecule has 1 heterocycles. The smallest absolute Gasteiger partial charge is 0.331 e. The van der Waals surface area contributed by atoms with Crippen LogP contribution in [0.2, 0.25) is 0 Å². The highest BCUT2D eigenvalue weighted by molar-refractivity contribution is 9.10. The molecule has 1 aliphatic carbocycles. The van der Waals surface area contributed by atoms with Crippen molar-refractivity contribution in [1.82, 2.24) is 10.2 Å². The van der Waals surface area contributed by atoms with Crippen molar-refractivity contribution < 1.29 is 23.9 Å². The average Bonchev–Trinajstić information content (AvgIpc) is 3.31. The molecule has 9 heteroatoms. The van der Waals surface area contributed by atoms with Gasteiger partial charge in [-0.05, 0) is 70.2 Å². The molecule has 33 heavy (non-hydrogen) atoms. The monoisotopic (exact) mass is 576 g/mol. The van der Waals surface area contributed by atoms with Gasteiger partial charge in [0.2, 0.25) is 0 Å². The number of hydrogen-bond donors (Lipinski definition) is 1. The standard InChI is InChI=1S/C24H22Br2N2O5/c1-32-20-12-15(11-19(26)21(20)33-13-14-6-8-16(25)9-7-14)10-18-22(29)27-24(31)28(23(18)30)17-4-2-3-5-17/h6-12,17H,2-5,13H2,1H3,(H,27,29,31)/b18-10+. The van der Waals surface area contributed by atoms with Gasteiger partial charge in [0.1, 0.15) is 12.2 Å². The number of urea groups is 1. The molecule has 0 atom stereocenters. The fraction of sp³-hybridized carbons (Fsp3) is 0.292. The zero-order valence-electron chi connectivity index (χ0n) is 17.9. The molecule has 4 amide bonds. The molecule has 2 aromatic rings. The van der Waals surface area contributed by atoms with Crippen LogP contribution in [-0.4, -0.2) is 35.9 Å². The molecule has 0 unspecified atom stereocenters. The Morgan fingerprint density at radius 1 is 1.09 bits per heavy atom. The average molecular weight is 578 g/mol. The molecule has 1 N–H and O–H groups in total. The molecule has 4 rings (SSSR count). The third-order valence-corrected chi connectivity index (χ3v) is 6.80. The second kappa shape index (κ2) is 10.1. The van der Waals surface area contributed by atoms with Crippen LogP contribution in [-0.2, 0) is 16.2 Å². The molecule has 2 aromatic carbocycles. The first kappa shape index (κ1) is 23.5. The van der Waals surface area contributed by atoms with Crippen molar-refractivity contribution in [1.29, 1.82) is 0 Å². The van der Waals surface area contributed by atoms with E-state index < -0.39 is 17.8 Å². The van der Waals surface area contributed by atoms with Crippen LogP contribution in [0.3, 0.4) is 0 Å². The molecule has 0 bridgehead atoms. The number of amides is 4. The van der Waals surface area contributed by atoms with Crippen LogP contribution in [0.15, 0.2) is 50.9 Å². The number of imide groups is 2. The van der Waals surface area contributed by atoms with E-state index in [1.165, 1.54) is 18.1 Å². The highest BCUT2D eigenvalue weighted by atomic mass is 79.9. The predicted molar refractivity (Wildman–Crippen MR) is 130 cm³/mol. The van der Waals surface area contributed by atoms with E-state index in [0.717, 1.165) is 35.7 Å². The van der Waals surface area contributed by atoms with E-state index in [1.54, 1.807) is 12.1 Å². The first-order valence-corrected chi connectivity index (χ1v) is 12.1. The number of nitrogens with one attached hydrogen (secondary N) is 1. The Hall–Kier alpha value is -2.65. The Balaban J connectivity index is 1.59. The summed E-state index contributed by atoms with van der Waals surface area (Å²) in [6, 6.07) is 10.4. The molecule has 1 saturated carbocycles. The minimum atomic E-state index is -0.704. The van der Waals surface area contributed by atoms with Crippen LogP contribution in [0.5, 0.6) is 11.5 Å². The van der Waals surface area contributed by atoms with Gasteiger partial charge < -0.3 is 9.47 Å². The number of hydrogen-bond acceptors (Lipinski definition) is 5. The molecule has 7 nitrogen and oxygen atoms in total. The van der Waals surface area contributed by atoms with E-state index in [1.807, 2.05) is 24.3 Å². The Morgan fingerprint density at radius 3 is 2.45 bits per heavy atom. The largest absolute Gasteiger partial charge is 0.493 e. The summed E-state index contributed by atoms with van der Waals surface area (Å²) in [4.78, 5) is 39.0. The zero-order valence-corrected chi connectivity index (χ0v) is 21.1. The lowest BCUT2D eigenvalue weighted by atomic mass is 10.0. The first-order valence-electron chi connectivity index (χ1n) is 10.5. The molecule has 1 aliphatic heterocycles. The molecule has 172 valence electrons. The number of barbiturate groups is 1. The minimum absolute atomic E-state index is 0.0843. The molecule has 1 saturated heterocycles. The van der Waals surface area contributed by atoms with Crippen LogP contribution >= 0.6 is 31.9 Å². The fourth-order valence-corrected chi connectivity index (χ4v) is 4.87. The van der Waals surface area contributed by atoms with Crippen molar-refractivity contribution in [2.75, 3.05) is 7.11 Å². The van der Waals surface area contributed by atoms with Gasteiger partial charge in [0, 0.05) is 10.5 Å². The van der Waals surface area contributed by atoms with Gasteiger partial charge in [0.15, 0.2) is 11.5 Å². The fourth-order valence-electron chi connectivity index (χ4n) is 4.03. The third kappa shape index (κ3) is 5.14. The number of halogens is 2. The van der Waals surface area contributed by atoms with Gasteiger partial charge in [-0.25, -0.2) is 4.79 Å². The second-order valence-electron chi connectivity index (χ2n) is 7.88. The van der Waals surface area contributed by atoms with Crippen LogP contribution in [0.4, 0.5) is 4.79 Å². The van der Waals surface area contributed by atoms with E-state index in [9.17, 15) is 14.4 Å². The van der Waals surface area contributed by atoms with Crippen LogP contribution in [0.1, 0.15) is 36.8 Å². The lowest BCUT2D eigenvalue weighted by Gasteiger charge is -2.31. The lowest BCUT2D eigenvalue weighted by Crippen LogP contribution is -2.57. The van der Waals surface area contributed by atoms with Crippen molar-refractivity contribution >= 4 is 55.8 Å². The summed E-state index contributed by atoms with van der Waals surface area (Å²) in [7, 11) is 1.52. The minimum Gasteiger partial charge on any atom is -0.493 e. The van der Waals surface area contributed by atoms with Gasteiger partial charge in [-0.15, -0.1) is 0 Å². The normalized spacial score (nSPS) is 18.1. The third-order valence-electron chi connectivity index (χ3n) is 5.68. The highest BCUT2D eigenvalue weighted by Crippen LogP contribution is 2.38. The second-order valence-corrected chi connectivity index (χ2v) is 9.65. The summed E-state index contributed by atoms with van der Waals surface area (Å²) >= 11 is 6.91. The Kier molecular flexibility index (Phi) is 7.19. The van der Waals surface area contributed by atoms with E-state index in [4.69, 9.17) is 9.47 Å². The molecule has 2 aliphatic rings. The molecule has 2 fully saturated rings. The maximum absolute atomic E-state index is 13.0. The molecular formula is C24H22Br2N2O5. The van der Waals surface area contributed by atoms with Gasteiger partial charge in [0.25, 0.3) is 11.8 Å². The molecule has 0 radical (unpaired) electrons. The lowest BCUT2D eigenvalue weighted by molar-refractivity contribution is -0.131. The van der Waals surface area contributed by atoms with Crippen LogP contribution in [0.25, 0.3) is 6.08 Å². The number of carbonyl (C=O) groups is 3. The van der Waals surface area contributed by atoms with E-state index >= 15 is 0 Å². The number of methoxy groups -OCH3 is 1. The summed E-state index contributed by atoms with van der Waals surface area (Å²) < 4.78 is 13.1. The van der Waals surface area contributed by atoms with Gasteiger partial charge in [-0.3, -0.25) is 19.8 Å². The molecule has 0 aromatic heterocycles. The number of nitrogens with zero attached hydrogens (tertiary/aromatic N) is 1. The number of carbonyl (C=O) groups excluding carboxylic acids is 3. The Bertz CT molecular complexity index is 1120. The van der Waals surface area contributed by atoms with Crippen molar-refractivity contribution in [3.05, 3.63) is 62.0 Å². The maximum atomic E-state index is 13.0. The van der Waals surface area contributed by atoms with Crippen molar-refractivity contribution in [2.45, 2.75) is 38.3 Å². The van der Waals surface area contributed by atoms with Gasteiger partial charge in [-0.1, -0.05) is 40.9 Å². The SMILES string of the molecule is COc1cc(/C=C2\C(=O)NC(=O)N(C3CCCC3)C2=O)cc(Br)c1OCc1ccc(Br)cc1. The van der Waals surface area contributed by atoms with Crippen LogP contribution in [0, 0.1) is 0 Å². The van der Waals surface area contributed by atoms with Crippen molar-refractivity contribution in [2.24, 2.45) is 0 Å². The number of benzene rings is 2. The number of ether oxygens (including phenoxy) is 2. The predicted octanol–water partition coefficient (Wildman–Crippen LogP) is 5.20. The Morgan fingerprint density at radius 2 is 1.79 bits per heavy atom. The summed E-state index contributed by atoms with van der Waals surface area (Å²) in [6.45, 7) is 0.335. The summed E-state index contributed by atoms with van der Waals surface area (Å²) in [5, 5.41) is 2.29. The van der Waals surface area contributed by atoms with Crippen LogP contribution < -0.4 is 14.8 Å². The Labute approximate surface area is 208 Å². The highest BCUT2D eigenvalue weighted by Gasteiger charge is 2.40. The summed E-state index contributed by atoms with van der Waals surface area (Å²) in [5.74, 6) is -0.323. The van der Waals surface area contributed by atoms with E-state index in [2.05, 4.69) is 37.2 Å². The maximum Gasteiger partial charge on any atom is 0.331 e. The van der Waals surface area contributed by atoms with Crippen molar-refractivity contribution in [3.8, 4) is 11.5 Å².